The van der Waals surface area contributed by atoms with Crippen molar-refractivity contribution in [2.45, 2.75) is 88.9 Å². The Morgan fingerprint density at radius 1 is 0.662 bits per heavy atom. The van der Waals surface area contributed by atoms with Crippen LogP contribution in [0.4, 0.5) is 37.7 Å². The van der Waals surface area contributed by atoms with Gasteiger partial charge < -0.3 is 31.4 Å². The van der Waals surface area contributed by atoms with Crippen LogP contribution in [0.3, 0.4) is 0 Å². The Hall–Kier alpha value is -6.42. The zero-order valence-corrected chi connectivity index (χ0v) is 44.1. The molecule has 14 nitrogen and oxygen atoms in total. The normalized spacial score (nSPS) is 16.4. The number of aromatic nitrogens is 4. The molecule has 2 fully saturated rings. The van der Waals surface area contributed by atoms with Gasteiger partial charge in [-0.15, -0.1) is 0 Å². The maximum absolute atomic E-state index is 13.5. The van der Waals surface area contributed by atoms with Crippen LogP contribution in [0.5, 0.6) is 0 Å². The number of aryl methyl sites for hydroxylation is 2. The van der Waals surface area contributed by atoms with Crippen molar-refractivity contribution in [3.05, 3.63) is 156 Å². The molecule has 0 saturated heterocycles. The fraction of sp³-hybridized carbons (Fsp3) is 0.308. The molecule has 74 heavy (non-hydrogen) atoms. The molecule has 2 saturated carbocycles. The molecule has 2 aliphatic carbocycles. The van der Waals surface area contributed by atoms with E-state index in [1.807, 2.05) is 83.9 Å². The van der Waals surface area contributed by atoms with Gasteiger partial charge in [0.05, 0.1) is 16.5 Å². The van der Waals surface area contributed by atoms with Crippen LogP contribution in [0.15, 0.2) is 132 Å². The van der Waals surface area contributed by atoms with Gasteiger partial charge in [0.2, 0.25) is 11.8 Å². The summed E-state index contributed by atoms with van der Waals surface area (Å²) in [6.45, 7) is 3.56. The number of amides is 4. The van der Waals surface area contributed by atoms with E-state index in [1.165, 1.54) is 29.2 Å². The Balaban J connectivity index is 0.000000200. The van der Waals surface area contributed by atoms with E-state index in [9.17, 15) is 45.5 Å². The molecule has 4 aliphatic rings. The maximum atomic E-state index is 13.5. The number of nitrogens with zero attached hydrogens (tertiary/aromatic N) is 7. The summed E-state index contributed by atoms with van der Waals surface area (Å²) in [5.74, 6) is 0.398. The summed E-state index contributed by atoms with van der Waals surface area (Å²) in [6.07, 6.45) is 5.53. The van der Waals surface area contributed by atoms with Gasteiger partial charge in [0, 0.05) is 58.7 Å². The molecule has 22 heteroatoms. The number of benzene rings is 4. The fourth-order valence-corrected chi connectivity index (χ4v) is 9.41. The van der Waals surface area contributed by atoms with E-state index in [2.05, 4.69) is 41.8 Å². The molecule has 382 valence electrons. The first-order chi connectivity index (χ1) is 34.8. The van der Waals surface area contributed by atoms with Gasteiger partial charge in [-0.3, -0.25) is 29.2 Å². The number of hydrogen-bond donors (Lipinski definition) is 3. The number of halogens is 7. The van der Waals surface area contributed by atoms with E-state index in [4.69, 9.17) is 9.98 Å². The SMILES string of the molecule is Cc1nccn1-c1ccc(C2=NC3(CCCC3)N(CC(=O)Nc3cccc(C(F)(F)F)c3)C2=O)cc1.Cc1nccn1-c1ccc(C2=NC3(CCCC3)NC2=O)cc1.O=C(CBr)Nc1cccc(C(F)(F)F)c1.[H-].[Na+]. The van der Waals surface area contributed by atoms with Crippen LogP contribution in [0.25, 0.3) is 11.4 Å². The topological polar surface area (TPSA) is 168 Å². The van der Waals surface area contributed by atoms with Crippen LogP contribution in [0, 0.1) is 13.8 Å². The molecule has 4 amide bonds. The predicted octanol–water partition coefficient (Wildman–Crippen LogP) is 7.27. The van der Waals surface area contributed by atoms with Gasteiger partial charge in [0.1, 0.15) is 40.9 Å². The summed E-state index contributed by atoms with van der Waals surface area (Å²) >= 11 is 2.90. The van der Waals surface area contributed by atoms with Crippen LogP contribution in [-0.4, -0.2) is 82.3 Å². The van der Waals surface area contributed by atoms with E-state index < -0.39 is 41.0 Å². The Bertz CT molecular complexity index is 3080. The minimum atomic E-state index is -4.52. The molecule has 2 spiro atoms. The Labute approximate surface area is 454 Å². The van der Waals surface area contributed by atoms with Gasteiger partial charge in [-0.2, -0.15) is 26.3 Å². The van der Waals surface area contributed by atoms with E-state index in [0.29, 0.717) is 24.1 Å². The number of rotatable bonds is 9. The van der Waals surface area contributed by atoms with Crippen molar-refractivity contribution >= 4 is 62.4 Å². The number of alkyl halides is 7. The standard InChI is InChI=1S/C26H24F3N5O2.C17H18N4O.C9H7BrF3NO.Na.H/c1-17-30-13-14-33(17)21-9-7-18(8-10-21)23-24(36)34(25(32-23)11-2-3-12-25)16-22(35)31-20-6-4-5-19(15-20)26(27,28)29;1-12-18-10-11-21(12)14-6-4-13(5-7-14)15-16(22)20-17(19-15)8-2-3-9-17;10-5-8(15)14-7-3-1-2-6(4-7)9(11,12)13;;/h4-10,13-15H,2-3,11-12,16H2,1H3,(H,31,35);4-7,10-11H,2-3,8-9H2,1H3,(H,20,22);1-4H,5H2,(H,14,15);;/q;;;+1;-1. The van der Waals surface area contributed by atoms with Crippen LogP contribution in [0.1, 0.15) is 86.7 Å². The van der Waals surface area contributed by atoms with Crippen molar-refractivity contribution < 1.29 is 76.5 Å². The minimum Gasteiger partial charge on any atom is -1.00 e. The van der Waals surface area contributed by atoms with Crippen molar-refractivity contribution in [3.63, 3.8) is 0 Å². The summed E-state index contributed by atoms with van der Waals surface area (Å²) in [6, 6.07) is 24.2. The molecule has 2 aromatic heterocycles. The Morgan fingerprint density at radius 3 is 1.57 bits per heavy atom. The third-order valence-electron chi connectivity index (χ3n) is 12.9. The molecular weight excluding hydrogens is 1050 g/mol. The maximum Gasteiger partial charge on any atom is 1.00 e. The van der Waals surface area contributed by atoms with Crippen LogP contribution in [0.2, 0.25) is 0 Å². The number of aliphatic imine (C=N–C) groups is 2. The van der Waals surface area contributed by atoms with Gasteiger partial charge in [-0.1, -0.05) is 52.3 Å². The average molecular weight is 1100 g/mol. The van der Waals surface area contributed by atoms with Gasteiger partial charge in [-0.25, -0.2) is 9.97 Å². The second kappa shape index (κ2) is 23.0. The van der Waals surface area contributed by atoms with Crippen molar-refractivity contribution in [3.8, 4) is 11.4 Å². The first-order valence-corrected chi connectivity index (χ1v) is 24.4. The first-order valence-electron chi connectivity index (χ1n) is 23.3. The van der Waals surface area contributed by atoms with Crippen molar-refractivity contribution in [1.29, 1.82) is 0 Å². The largest absolute Gasteiger partial charge is 1.00 e. The quantitative estimate of drug-likeness (QED) is 0.0783. The number of carbonyl (C=O) groups is 4. The number of imidazole rings is 2. The summed E-state index contributed by atoms with van der Waals surface area (Å²) < 4.78 is 79.8. The first kappa shape index (κ1) is 55.3. The van der Waals surface area contributed by atoms with Crippen molar-refractivity contribution in [2.24, 2.45) is 9.98 Å². The molecular formula is C52H50BrF6N10NaO4. The van der Waals surface area contributed by atoms with Gasteiger partial charge >= 0.3 is 41.9 Å². The molecule has 2 aliphatic heterocycles. The molecule has 0 radical (unpaired) electrons. The van der Waals surface area contributed by atoms with E-state index in [-0.39, 0.29) is 77.4 Å². The zero-order valence-electron chi connectivity index (χ0n) is 41.5. The Morgan fingerprint density at radius 2 is 1.12 bits per heavy atom. The Kier molecular flexibility index (Phi) is 17.2. The molecule has 10 rings (SSSR count). The third kappa shape index (κ3) is 12.7. The minimum absolute atomic E-state index is 0. The summed E-state index contributed by atoms with van der Waals surface area (Å²) in [5.41, 5.74) is 1.69. The van der Waals surface area contributed by atoms with Crippen LogP contribution < -0.4 is 45.5 Å². The van der Waals surface area contributed by atoms with E-state index in [1.54, 1.807) is 12.4 Å². The third-order valence-corrected chi connectivity index (χ3v) is 13.4. The molecule has 0 bridgehead atoms. The van der Waals surface area contributed by atoms with Gasteiger partial charge in [-0.05, 0) is 126 Å². The average Bonchev–Trinajstić information content (AvgIpc) is 4.25. The monoisotopic (exact) mass is 1090 g/mol. The number of carbonyl (C=O) groups excluding carboxylic acids is 4. The molecule has 0 unspecified atom stereocenters. The van der Waals surface area contributed by atoms with E-state index >= 15 is 0 Å². The zero-order chi connectivity index (χ0) is 52.1. The second-order valence-electron chi connectivity index (χ2n) is 17.9. The summed E-state index contributed by atoms with van der Waals surface area (Å²) in [4.78, 5) is 68.9. The fourth-order valence-electron chi connectivity index (χ4n) is 9.27. The van der Waals surface area contributed by atoms with Gasteiger partial charge in [0.25, 0.3) is 11.8 Å². The predicted molar refractivity (Wildman–Crippen MR) is 267 cm³/mol. The van der Waals surface area contributed by atoms with Crippen LogP contribution in [-0.2, 0) is 31.5 Å². The van der Waals surface area contributed by atoms with Crippen molar-refractivity contribution in [2.75, 3.05) is 22.5 Å². The molecule has 4 aromatic carbocycles. The summed E-state index contributed by atoms with van der Waals surface area (Å²) in [7, 11) is 0. The molecule has 4 heterocycles. The van der Waals surface area contributed by atoms with Gasteiger partial charge in [0.15, 0.2) is 0 Å². The second-order valence-corrected chi connectivity index (χ2v) is 18.4. The number of anilines is 2. The van der Waals surface area contributed by atoms with E-state index in [0.717, 1.165) is 91.4 Å². The smallest absolute Gasteiger partial charge is 1.00 e. The molecule has 3 N–H and O–H groups in total. The number of hydrogen-bond acceptors (Lipinski definition) is 8. The number of nitrogens with one attached hydrogen (secondary N) is 3. The molecule has 0 atom stereocenters. The van der Waals surface area contributed by atoms with Crippen molar-refractivity contribution in [1.82, 2.24) is 29.3 Å². The molecule has 6 aromatic rings. The van der Waals surface area contributed by atoms with Crippen LogP contribution >= 0.6 is 15.9 Å². The summed E-state index contributed by atoms with van der Waals surface area (Å²) in [5, 5.41) is 7.93.